The van der Waals surface area contributed by atoms with Crippen molar-refractivity contribution in [2.75, 3.05) is 20.8 Å². The highest BCUT2D eigenvalue weighted by Crippen LogP contribution is 2.44. The van der Waals surface area contributed by atoms with Crippen molar-refractivity contribution in [3.63, 3.8) is 0 Å². The molecule has 1 aliphatic heterocycles. The van der Waals surface area contributed by atoms with Crippen LogP contribution in [0.3, 0.4) is 0 Å². The van der Waals surface area contributed by atoms with Gasteiger partial charge in [0.15, 0.2) is 14.5 Å². The topological polar surface area (TPSA) is 121 Å². The number of aromatic nitrogens is 2. The van der Waals surface area contributed by atoms with E-state index in [2.05, 4.69) is 38.8 Å². The minimum Gasteiger partial charge on any atom is -0.497 e. The second kappa shape index (κ2) is 13.6. The van der Waals surface area contributed by atoms with Gasteiger partial charge in [-0.1, -0.05) is 75.4 Å². The lowest BCUT2D eigenvalue weighted by Gasteiger charge is -2.41. The van der Waals surface area contributed by atoms with Gasteiger partial charge in [-0.05, 0) is 59.1 Å². The Bertz CT molecular complexity index is 1700. The molecule has 11 heteroatoms. The molecule has 1 fully saturated rings. The van der Waals surface area contributed by atoms with Crippen LogP contribution in [0.1, 0.15) is 43.7 Å². The Balaban J connectivity index is 1.62. The van der Waals surface area contributed by atoms with Gasteiger partial charge in [-0.2, -0.15) is 0 Å². The van der Waals surface area contributed by atoms with Gasteiger partial charge in [-0.3, -0.25) is 14.3 Å². The van der Waals surface area contributed by atoms with Crippen molar-refractivity contribution < 1.29 is 28.5 Å². The van der Waals surface area contributed by atoms with Gasteiger partial charge in [0.05, 0.1) is 20.8 Å². The molecule has 2 N–H and O–H groups in total. The van der Waals surface area contributed by atoms with E-state index < -0.39 is 49.7 Å². The maximum Gasteiger partial charge on any atom is 0.330 e. The number of nitrogens with zero attached hydrogens (tertiary/aromatic N) is 1. The maximum absolute atomic E-state index is 12.8. The zero-order valence-electron chi connectivity index (χ0n) is 27.9. The second-order valence-electron chi connectivity index (χ2n) is 13.2. The number of hydrogen-bond acceptors (Lipinski definition) is 8. The molecule has 5 rings (SSSR count). The van der Waals surface area contributed by atoms with Crippen LogP contribution in [-0.4, -0.2) is 62.1 Å². The lowest BCUT2D eigenvalue weighted by atomic mass is 9.80. The van der Waals surface area contributed by atoms with E-state index in [9.17, 15) is 14.7 Å². The van der Waals surface area contributed by atoms with Crippen LogP contribution in [0.5, 0.6) is 11.5 Å². The van der Waals surface area contributed by atoms with E-state index in [1.165, 1.54) is 16.8 Å². The molecule has 0 unspecified atom stereocenters. The van der Waals surface area contributed by atoms with Crippen LogP contribution in [0.15, 0.2) is 101 Å². The van der Waals surface area contributed by atoms with Gasteiger partial charge in [-0.15, -0.1) is 0 Å². The van der Waals surface area contributed by atoms with E-state index in [0.29, 0.717) is 11.5 Å². The number of nitrogens with one attached hydrogen (secondary N) is 1. The Morgan fingerprint density at radius 2 is 1.36 bits per heavy atom. The summed E-state index contributed by atoms with van der Waals surface area (Å²) >= 11 is 0. The largest absolute Gasteiger partial charge is 0.497 e. The molecule has 0 spiro atoms. The Kier molecular flexibility index (Phi) is 9.95. The summed E-state index contributed by atoms with van der Waals surface area (Å²) in [6, 6.07) is 26.5. The van der Waals surface area contributed by atoms with Gasteiger partial charge in [-0.25, -0.2) is 4.79 Å². The van der Waals surface area contributed by atoms with Gasteiger partial charge in [0.25, 0.3) is 5.56 Å². The molecule has 47 heavy (non-hydrogen) atoms. The highest BCUT2D eigenvalue weighted by Gasteiger charge is 2.51. The first-order chi connectivity index (χ1) is 22.3. The Morgan fingerprint density at radius 3 is 1.85 bits per heavy atom. The number of ether oxygens (including phenoxy) is 4. The minimum atomic E-state index is -2.46. The van der Waals surface area contributed by atoms with Gasteiger partial charge >= 0.3 is 5.69 Å². The molecular formula is C36H44N2O8Si. The number of aliphatic hydroxyl groups is 1. The minimum absolute atomic E-state index is 0.0160. The Labute approximate surface area is 276 Å². The van der Waals surface area contributed by atoms with E-state index in [1.807, 2.05) is 78.9 Å². The zero-order valence-corrected chi connectivity index (χ0v) is 28.9. The molecular weight excluding hydrogens is 616 g/mol. The van der Waals surface area contributed by atoms with E-state index in [4.69, 9.17) is 23.4 Å². The zero-order chi connectivity index (χ0) is 34.0. The fraction of sp³-hybridized carbons (Fsp3) is 0.389. The highest BCUT2D eigenvalue weighted by atomic mass is 28.4. The molecule has 3 aromatic carbocycles. The van der Waals surface area contributed by atoms with E-state index in [-0.39, 0.29) is 11.6 Å². The van der Waals surface area contributed by atoms with Crippen LogP contribution in [0, 0.1) is 0 Å². The first-order valence-electron chi connectivity index (χ1n) is 15.6. The summed E-state index contributed by atoms with van der Waals surface area (Å²) in [6.45, 7) is 10.5. The van der Waals surface area contributed by atoms with E-state index in [1.54, 1.807) is 14.2 Å². The summed E-state index contributed by atoms with van der Waals surface area (Å²) in [6.07, 6.45) is -2.64. The van der Waals surface area contributed by atoms with E-state index in [0.717, 1.165) is 16.7 Å². The van der Waals surface area contributed by atoms with Gasteiger partial charge < -0.3 is 28.5 Å². The smallest absolute Gasteiger partial charge is 0.330 e. The number of methoxy groups -OCH3 is 2. The molecule has 1 saturated heterocycles. The molecule has 0 aliphatic carbocycles. The molecule has 4 atom stereocenters. The van der Waals surface area contributed by atoms with Crippen LogP contribution < -0.4 is 20.7 Å². The quantitative estimate of drug-likeness (QED) is 0.166. The van der Waals surface area contributed by atoms with Crippen molar-refractivity contribution in [1.29, 1.82) is 0 Å². The fourth-order valence-electron chi connectivity index (χ4n) is 5.66. The predicted octanol–water partition coefficient (Wildman–Crippen LogP) is 5.21. The number of aliphatic hydroxyl groups excluding tert-OH is 1. The SMILES string of the molecule is COc1ccc(C(OC[C@@H]2O[C@H](n3ccc(=O)[nH]c3=O)[C@@H](O)[C@H]2O[Si](C)(C)C(C)(C)C)(c2ccccc2)c2ccc(OC)cc2)cc1. The number of hydrogen-bond donors (Lipinski definition) is 2. The Morgan fingerprint density at radius 1 is 0.830 bits per heavy atom. The molecule has 0 bridgehead atoms. The number of aromatic amines is 1. The van der Waals surface area contributed by atoms with Crippen molar-refractivity contribution >= 4 is 8.32 Å². The van der Waals surface area contributed by atoms with Crippen LogP contribution >= 0.6 is 0 Å². The van der Waals surface area contributed by atoms with Crippen molar-refractivity contribution in [2.24, 2.45) is 0 Å². The third kappa shape index (κ3) is 6.86. The van der Waals surface area contributed by atoms with E-state index >= 15 is 0 Å². The number of rotatable bonds is 11. The summed E-state index contributed by atoms with van der Waals surface area (Å²) in [5, 5.41) is 11.6. The first kappa shape index (κ1) is 34.3. The summed E-state index contributed by atoms with van der Waals surface area (Å²) in [5.41, 5.74) is 0.169. The van der Waals surface area contributed by atoms with Crippen molar-refractivity contribution in [3.8, 4) is 11.5 Å². The first-order valence-corrected chi connectivity index (χ1v) is 18.5. The van der Waals surface area contributed by atoms with Gasteiger partial charge in [0.1, 0.15) is 35.4 Å². The third-order valence-electron chi connectivity index (χ3n) is 9.31. The summed E-state index contributed by atoms with van der Waals surface area (Å²) in [4.78, 5) is 26.9. The summed E-state index contributed by atoms with van der Waals surface area (Å²) in [7, 11) is 0.777. The molecule has 10 nitrogen and oxygen atoms in total. The molecule has 4 aromatic rings. The monoisotopic (exact) mass is 660 g/mol. The molecule has 0 saturated carbocycles. The lowest BCUT2D eigenvalue weighted by molar-refractivity contribution is -0.0948. The fourth-order valence-corrected chi connectivity index (χ4v) is 6.98. The summed E-state index contributed by atoms with van der Waals surface area (Å²) in [5.74, 6) is 1.40. The molecule has 0 amide bonds. The van der Waals surface area contributed by atoms with Crippen LogP contribution in [0.2, 0.25) is 18.1 Å². The molecule has 1 aliphatic rings. The second-order valence-corrected chi connectivity index (χ2v) is 18.0. The Hall–Kier alpha value is -4.00. The average Bonchev–Trinajstić information content (AvgIpc) is 3.35. The summed E-state index contributed by atoms with van der Waals surface area (Å²) < 4.78 is 32.5. The van der Waals surface area contributed by atoms with Crippen molar-refractivity contribution in [3.05, 3.63) is 129 Å². The molecule has 2 heterocycles. The van der Waals surface area contributed by atoms with Crippen LogP contribution in [-0.2, 0) is 19.5 Å². The molecule has 0 radical (unpaired) electrons. The predicted molar refractivity (Wildman–Crippen MR) is 182 cm³/mol. The standard InChI is InChI=1S/C36H44N2O8Si/c1-35(2,3)47(6,7)46-32-29(45-33(31(32)40)38-22-21-30(39)37-34(38)41)23-44-36(24-11-9-8-10-12-24,25-13-17-27(42-4)18-14-25)26-15-19-28(43-5)20-16-26/h8-22,29,31-33,40H,23H2,1-7H3,(H,37,39,41)/t29-,31-,32-,33-/m0/s1. The highest BCUT2D eigenvalue weighted by molar-refractivity contribution is 6.74. The number of H-pyrrole nitrogens is 1. The number of benzene rings is 3. The van der Waals surface area contributed by atoms with Crippen molar-refractivity contribution in [1.82, 2.24) is 9.55 Å². The third-order valence-corrected chi connectivity index (χ3v) is 13.8. The van der Waals surface area contributed by atoms with Gasteiger partial charge in [0.2, 0.25) is 0 Å². The van der Waals surface area contributed by atoms with Gasteiger partial charge in [0, 0.05) is 12.3 Å². The van der Waals surface area contributed by atoms with Crippen LogP contribution in [0.25, 0.3) is 0 Å². The lowest BCUT2D eigenvalue weighted by Crippen LogP contribution is -2.50. The average molecular weight is 661 g/mol. The molecule has 250 valence electrons. The maximum atomic E-state index is 12.8. The normalized spacial score (nSPS) is 20.3. The van der Waals surface area contributed by atoms with Crippen molar-refractivity contribution in [2.45, 2.75) is 69.0 Å². The molecule has 1 aromatic heterocycles. The van der Waals surface area contributed by atoms with Crippen LogP contribution in [0.4, 0.5) is 0 Å².